The predicted molar refractivity (Wildman–Crippen MR) is 133 cm³/mol. The Morgan fingerprint density at radius 3 is 2.74 bits per heavy atom. The number of fused-ring (bicyclic) bond motifs is 1. The van der Waals surface area contributed by atoms with E-state index in [0.717, 1.165) is 17.3 Å². The van der Waals surface area contributed by atoms with Gasteiger partial charge < -0.3 is 9.84 Å². The first kappa shape index (κ1) is 23.1. The summed E-state index contributed by atoms with van der Waals surface area (Å²) >= 11 is 1.15. The van der Waals surface area contributed by atoms with Gasteiger partial charge in [-0.15, -0.1) is 0 Å². The lowest BCUT2D eigenvalue weighted by atomic mass is 10.2. The number of ether oxygens (including phenoxy) is 1. The molecule has 1 aromatic heterocycles. The molecule has 8 nitrogen and oxygen atoms in total. The number of para-hydroxylation sites is 2. The maximum absolute atomic E-state index is 13.3. The first-order chi connectivity index (χ1) is 16.5. The van der Waals surface area contributed by atoms with Gasteiger partial charge in [0.05, 0.1) is 35.7 Å². The lowest BCUT2D eigenvalue weighted by Gasteiger charge is -2.14. The SMILES string of the molecule is COc1cc(/C=N\NC(=O)CSc2nc3ccccc3c(=O)n2-c2ccccc2C)ccc1O. The third-order valence-corrected chi connectivity index (χ3v) is 5.98. The van der Waals surface area contributed by atoms with Crippen LogP contribution in [0.1, 0.15) is 11.1 Å². The van der Waals surface area contributed by atoms with E-state index in [0.29, 0.717) is 33.1 Å². The van der Waals surface area contributed by atoms with Crippen LogP contribution < -0.4 is 15.7 Å². The van der Waals surface area contributed by atoms with E-state index in [4.69, 9.17) is 4.74 Å². The number of aromatic hydroxyl groups is 1. The summed E-state index contributed by atoms with van der Waals surface area (Å²) in [6.45, 7) is 1.92. The van der Waals surface area contributed by atoms with Crippen LogP contribution in [0, 0.1) is 6.92 Å². The van der Waals surface area contributed by atoms with Crippen molar-refractivity contribution in [1.29, 1.82) is 0 Å². The molecule has 0 atom stereocenters. The Hall–Kier alpha value is -4.11. The molecule has 0 aliphatic heterocycles. The summed E-state index contributed by atoms with van der Waals surface area (Å²) in [5.41, 5.74) is 5.12. The van der Waals surface area contributed by atoms with Crippen molar-refractivity contribution >= 4 is 34.8 Å². The average Bonchev–Trinajstić information content (AvgIpc) is 2.84. The number of rotatable bonds is 7. The number of phenols is 1. The number of aromatic nitrogens is 2. The number of carbonyl (C=O) groups excluding carboxylic acids is 1. The van der Waals surface area contributed by atoms with Crippen molar-refractivity contribution < 1.29 is 14.6 Å². The number of methoxy groups -OCH3 is 1. The number of hydrogen-bond acceptors (Lipinski definition) is 7. The molecule has 34 heavy (non-hydrogen) atoms. The fraction of sp³-hybridized carbons (Fsp3) is 0.120. The molecular weight excluding hydrogens is 452 g/mol. The van der Waals surface area contributed by atoms with Gasteiger partial charge in [-0.1, -0.05) is 42.1 Å². The minimum Gasteiger partial charge on any atom is -0.504 e. The minimum absolute atomic E-state index is 0.00685. The second-order valence-corrected chi connectivity index (χ2v) is 8.29. The molecular formula is C25H22N4O4S. The van der Waals surface area contributed by atoms with Crippen molar-refractivity contribution in [3.63, 3.8) is 0 Å². The quantitative estimate of drug-likeness (QED) is 0.183. The maximum atomic E-state index is 13.3. The van der Waals surface area contributed by atoms with Gasteiger partial charge in [0.15, 0.2) is 16.7 Å². The molecule has 0 radical (unpaired) electrons. The number of hydrazone groups is 1. The molecule has 2 N–H and O–H groups in total. The topological polar surface area (TPSA) is 106 Å². The highest BCUT2D eigenvalue weighted by Crippen LogP contribution is 2.25. The summed E-state index contributed by atoms with van der Waals surface area (Å²) in [5.74, 6) is -0.0248. The number of benzene rings is 3. The molecule has 0 aliphatic rings. The summed E-state index contributed by atoms with van der Waals surface area (Å²) in [5, 5.41) is 14.5. The molecule has 4 aromatic rings. The van der Waals surface area contributed by atoms with Gasteiger partial charge in [0.2, 0.25) is 0 Å². The maximum Gasteiger partial charge on any atom is 0.266 e. The van der Waals surface area contributed by atoms with Crippen molar-refractivity contribution in [2.24, 2.45) is 5.10 Å². The number of aryl methyl sites for hydroxylation is 1. The van der Waals surface area contributed by atoms with Crippen LogP contribution in [0.25, 0.3) is 16.6 Å². The predicted octanol–water partition coefficient (Wildman–Crippen LogP) is 3.65. The van der Waals surface area contributed by atoms with Crippen molar-refractivity contribution in [2.45, 2.75) is 12.1 Å². The molecule has 1 heterocycles. The molecule has 0 bridgehead atoms. The van der Waals surface area contributed by atoms with Gasteiger partial charge in [0.1, 0.15) is 0 Å². The highest BCUT2D eigenvalue weighted by Gasteiger charge is 2.15. The highest BCUT2D eigenvalue weighted by atomic mass is 32.2. The van der Waals surface area contributed by atoms with E-state index in [2.05, 4.69) is 15.5 Å². The van der Waals surface area contributed by atoms with Crippen LogP contribution >= 0.6 is 11.8 Å². The molecule has 1 amide bonds. The van der Waals surface area contributed by atoms with Crippen LogP contribution in [-0.2, 0) is 4.79 Å². The Balaban J connectivity index is 1.55. The summed E-state index contributed by atoms with van der Waals surface area (Å²) in [7, 11) is 1.45. The fourth-order valence-electron chi connectivity index (χ4n) is 3.35. The first-order valence-electron chi connectivity index (χ1n) is 10.4. The number of nitrogens with one attached hydrogen (secondary N) is 1. The zero-order chi connectivity index (χ0) is 24.1. The third-order valence-electron chi connectivity index (χ3n) is 5.04. The summed E-state index contributed by atoms with van der Waals surface area (Å²) in [4.78, 5) is 30.4. The van der Waals surface area contributed by atoms with Crippen LogP contribution in [0.15, 0.2) is 81.8 Å². The van der Waals surface area contributed by atoms with E-state index in [1.165, 1.54) is 19.4 Å². The van der Waals surface area contributed by atoms with E-state index in [1.54, 1.807) is 34.9 Å². The number of amides is 1. The van der Waals surface area contributed by atoms with E-state index in [9.17, 15) is 14.7 Å². The van der Waals surface area contributed by atoms with Crippen LogP contribution in [0.5, 0.6) is 11.5 Å². The molecule has 0 saturated heterocycles. The van der Waals surface area contributed by atoms with E-state index >= 15 is 0 Å². The van der Waals surface area contributed by atoms with Gasteiger partial charge in [-0.05, 0) is 54.4 Å². The molecule has 4 rings (SSSR count). The zero-order valence-corrected chi connectivity index (χ0v) is 19.4. The first-order valence-corrected chi connectivity index (χ1v) is 11.4. The second-order valence-electron chi connectivity index (χ2n) is 7.35. The Kier molecular flexibility index (Phi) is 6.93. The highest BCUT2D eigenvalue weighted by molar-refractivity contribution is 7.99. The number of nitrogens with zero attached hydrogens (tertiary/aromatic N) is 3. The lowest BCUT2D eigenvalue weighted by Crippen LogP contribution is -2.24. The van der Waals surface area contributed by atoms with Gasteiger partial charge in [-0.2, -0.15) is 5.10 Å². The van der Waals surface area contributed by atoms with Gasteiger partial charge >= 0.3 is 0 Å². The molecule has 0 saturated carbocycles. The largest absolute Gasteiger partial charge is 0.504 e. The lowest BCUT2D eigenvalue weighted by molar-refractivity contribution is -0.118. The second kappa shape index (κ2) is 10.2. The van der Waals surface area contributed by atoms with Gasteiger partial charge in [-0.3, -0.25) is 14.2 Å². The van der Waals surface area contributed by atoms with E-state index in [-0.39, 0.29) is 23.0 Å². The fourth-order valence-corrected chi connectivity index (χ4v) is 4.15. The van der Waals surface area contributed by atoms with Crippen LogP contribution in [-0.4, -0.2) is 39.6 Å². The Morgan fingerprint density at radius 1 is 1.18 bits per heavy atom. The number of phenolic OH excluding ortho intramolecular Hbond substituents is 1. The number of hydrogen-bond donors (Lipinski definition) is 2. The van der Waals surface area contributed by atoms with Gasteiger partial charge in [0.25, 0.3) is 11.5 Å². The van der Waals surface area contributed by atoms with Gasteiger partial charge in [0, 0.05) is 0 Å². The standard InChI is InChI=1S/C25H22N4O4S/c1-16-7-3-6-10-20(16)29-24(32)18-8-4-5-9-19(18)27-25(29)34-15-23(31)28-26-14-17-11-12-21(30)22(13-17)33-2/h3-14,30H,15H2,1-2H3,(H,28,31)/b26-14-. The van der Waals surface area contributed by atoms with Crippen molar-refractivity contribution in [1.82, 2.24) is 15.0 Å². The van der Waals surface area contributed by atoms with E-state index < -0.39 is 0 Å². The van der Waals surface area contributed by atoms with Crippen LogP contribution in [0.2, 0.25) is 0 Å². The third kappa shape index (κ3) is 4.94. The normalized spacial score (nSPS) is 11.1. The van der Waals surface area contributed by atoms with Gasteiger partial charge in [-0.25, -0.2) is 10.4 Å². The molecule has 0 fully saturated rings. The van der Waals surface area contributed by atoms with Crippen LogP contribution in [0.3, 0.4) is 0 Å². The Labute approximate surface area is 199 Å². The zero-order valence-electron chi connectivity index (χ0n) is 18.6. The van der Waals surface area contributed by atoms with Crippen molar-refractivity contribution in [3.05, 3.63) is 88.2 Å². The Morgan fingerprint density at radius 2 is 1.94 bits per heavy atom. The molecule has 0 unspecified atom stereocenters. The summed E-state index contributed by atoms with van der Waals surface area (Å²) in [6.07, 6.45) is 1.45. The van der Waals surface area contributed by atoms with Crippen molar-refractivity contribution in [2.75, 3.05) is 12.9 Å². The average molecular weight is 475 g/mol. The minimum atomic E-state index is -0.356. The Bertz CT molecular complexity index is 1450. The summed E-state index contributed by atoms with van der Waals surface area (Å²) in [6, 6.07) is 19.4. The number of carbonyl (C=O) groups is 1. The molecule has 0 aliphatic carbocycles. The smallest absolute Gasteiger partial charge is 0.266 e. The molecule has 172 valence electrons. The summed E-state index contributed by atoms with van der Waals surface area (Å²) < 4.78 is 6.60. The van der Waals surface area contributed by atoms with E-state index in [1.807, 2.05) is 37.3 Å². The molecule has 9 heteroatoms. The monoisotopic (exact) mass is 474 g/mol. The van der Waals surface area contributed by atoms with Crippen molar-refractivity contribution in [3.8, 4) is 17.2 Å². The molecule has 3 aromatic carbocycles. The molecule has 0 spiro atoms. The van der Waals surface area contributed by atoms with Crippen LogP contribution in [0.4, 0.5) is 0 Å². The number of thioether (sulfide) groups is 1.